The lowest BCUT2D eigenvalue weighted by Crippen LogP contribution is -2.41. The topological polar surface area (TPSA) is 63.1 Å². The fraction of sp³-hybridized carbons (Fsp3) is 0.562. The number of hydrogen-bond donors (Lipinski definition) is 1. The summed E-state index contributed by atoms with van der Waals surface area (Å²) in [6, 6.07) is 3.89. The highest BCUT2D eigenvalue weighted by Gasteiger charge is 2.27. The summed E-state index contributed by atoms with van der Waals surface area (Å²) in [6.45, 7) is 2.54. The van der Waals surface area contributed by atoms with Crippen molar-refractivity contribution in [2.24, 2.45) is 5.92 Å². The van der Waals surface area contributed by atoms with Crippen LogP contribution in [0.2, 0.25) is 0 Å². The fourth-order valence-corrected chi connectivity index (χ4v) is 3.69. The molecule has 0 bridgehead atoms. The average molecular weight is 331 g/mol. The monoisotopic (exact) mass is 331 g/mol. The van der Waals surface area contributed by atoms with Crippen LogP contribution in [0.25, 0.3) is 0 Å². The van der Waals surface area contributed by atoms with Crippen LogP contribution < -0.4 is 5.32 Å². The lowest BCUT2D eigenvalue weighted by molar-refractivity contribution is 0.175. The summed E-state index contributed by atoms with van der Waals surface area (Å²) in [7, 11) is 0. The number of likely N-dealkylation sites (tertiary alicyclic amines) is 1. The molecule has 23 heavy (non-hydrogen) atoms. The molecule has 2 fully saturated rings. The lowest BCUT2D eigenvalue weighted by atomic mass is 9.97. The molecule has 2 aliphatic rings. The Hall–Kier alpha value is -1.89. The molecular formula is C16H21N5OS. The molecule has 1 saturated carbocycles. The van der Waals surface area contributed by atoms with Crippen molar-refractivity contribution in [3.05, 3.63) is 29.4 Å². The van der Waals surface area contributed by atoms with E-state index < -0.39 is 0 Å². The zero-order chi connectivity index (χ0) is 15.6. The quantitative estimate of drug-likeness (QED) is 0.936. The Morgan fingerprint density at radius 2 is 2.13 bits per heavy atom. The molecule has 6 nitrogen and oxygen atoms in total. The minimum Gasteiger partial charge on any atom is -0.324 e. The third kappa shape index (κ3) is 3.55. The van der Waals surface area contributed by atoms with Gasteiger partial charge in [-0.15, -0.1) is 16.4 Å². The predicted octanol–water partition coefficient (Wildman–Crippen LogP) is 3.16. The molecule has 0 aromatic carbocycles. The molecular weight excluding hydrogens is 310 g/mol. The highest BCUT2D eigenvalue weighted by molar-refractivity contribution is 7.14. The number of amides is 2. The third-order valence-electron chi connectivity index (χ3n) is 4.65. The van der Waals surface area contributed by atoms with Crippen LogP contribution in [-0.2, 0) is 6.54 Å². The van der Waals surface area contributed by atoms with Crippen LogP contribution >= 0.6 is 11.3 Å². The summed E-state index contributed by atoms with van der Waals surface area (Å²) in [6.07, 6.45) is 6.67. The van der Waals surface area contributed by atoms with Crippen LogP contribution in [0.4, 0.5) is 9.80 Å². The summed E-state index contributed by atoms with van der Waals surface area (Å²) in [5.74, 6) is 1.24. The third-order valence-corrected chi connectivity index (χ3v) is 5.44. The second-order valence-corrected chi connectivity index (χ2v) is 7.43. The number of hydrogen-bond acceptors (Lipinski definition) is 4. The van der Waals surface area contributed by atoms with Crippen molar-refractivity contribution in [3.8, 4) is 0 Å². The molecule has 0 spiro atoms. The maximum absolute atomic E-state index is 12.2. The Balaban J connectivity index is 1.25. The number of rotatable bonds is 4. The summed E-state index contributed by atoms with van der Waals surface area (Å²) in [5.41, 5.74) is 1.15. The van der Waals surface area contributed by atoms with Crippen molar-refractivity contribution in [1.82, 2.24) is 19.9 Å². The Morgan fingerprint density at radius 3 is 2.83 bits per heavy atom. The molecule has 0 radical (unpaired) electrons. The summed E-state index contributed by atoms with van der Waals surface area (Å²) < 4.78 is 1.99. The van der Waals surface area contributed by atoms with Crippen LogP contribution in [0.15, 0.2) is 23.7 Å². The Labute approximate surface area is 139 Å². The predicted molar refractivity (Wildman–Crippen MR) is 89.6 cm³/mol. The first-order valence-corrected chi connectivity index (χ1v) is 9.15. The van der Waals surface area contributed by atoms with Crippen molar-refractivity contribution in [2.45, 2.75) is 38.1 Å². The van der Waals surface area contributed by atoms with Crippen LogP contribution in [0.5, 0.6) is 0 Å². The highest BCUT2D eigenvalue weighted by atomic mass is 32.1. The van der Waals surface area contributed by atoms with Crippen LogP contribution in [-0.4, -0.2) is 39.0 Å². The Morgan fingerprint density at radius 1 is 1.30 bits per heavy atom. The van der Waals surface area contributed by atoms with E-state index in [-0.39, 0.29) is 6.03 Å². The van der Waals surface area contributed by atoms with Gasteiger partial charge in [0.25, 0.3) is 0 Å². The molecule has 0 atom stereocenters. The number of anilines is 1. The van der Waals surface area contributed by atoms with E-state index in [9.17, 15) is 4.79 Å². The first-order valence-electron chi connectivity index (χ1n) is 8.27. The van der Waals surface area contributed by atoms with Gasteiger partial charge in [-0.25, -0.2) is 4.79 Å². The van der Waals surface area contributed by atoms with Gasteiger partial charge in [0, 0.05) is 31.7 Å². The van der Waals surface area contributed by atoms with Crippen molar-refractivity contribution in [3.63, 3.8) is 0 Å². The number of piperidine rings is 1. The van der Waals surface area contributed by atoms with Crippen molar-refractivity contribution < 1.29 is 4.79 Å². The van der Waals surface area contributed by atoms with Crippen LogP contribution in [0.3, 0.4) is 0 Å². The van der Waals surface area contributed by atoms with Gasteiger partial charge in [-0.3, -0.25) is 10.00 Å². The maximum Gasteiger partial charge on any atom is 0.322 e. The van der Waals surface area contributed by atoms with E-state index in [4.69, 9.17) is 0 Å². The van der Waals surface area contributed by atoms with E-state index >= 15 is 0 Å². The van der Waals surface area contributed by atoms with Gasteiger partial charge in [0.05, 0.1) is 10.7 Å². The summed E-state index contributed by atoms with van der Waals surface area (Å²) >= 11 is 1.55. The standard InChI is InChI=1S/C16H21N5OS/c22-16(17-15-2-1-9-23-15)20-7-5-12(6-8-20)10-21-11-14(18-19-21)13-3-4-13/h1-2,9,11-13H,3-8,10H2,(H,17,22). The fourth-order valence-electron chi connectivity index (χ4n) is 3.09. The van der Waals surface area contributed by atoms with Gasteiger partial charge in [0.2, 0.25) is 0 Å². The lowest BCUT2D eigenvalue weighted by Gasteiger charge is -2.31. The van der Waals surface area contributed by atoms with Gasteiger partial charge in [0.15, 0.2) is 0 Å². The van der Waals surface area contributed by atoms with Gasteiger partial charge in [-0.1, -0.05) is 5.21 Å². The van der Waals surface area contributed by atoms with Gasteiger partial charge in [0.1, 0.15) is 0 Å². The molecule has 2 aromatic heterocycles. The molecule has 1 saturated heterocycles. The molecule has 7 heteroatoms. The van der Waals surface area contributed by atoms with Gasteiger partial charge in [-0.2, -0.15) is 0 Å². The number of carbonyl (C=O) groups is 1. The first kappa shape index (κ1) is 14.7. The number of aromatic nitrogens is 3. The number of nitrogens with zero attached hydrogens (tertiary/aromatic N) is 4. The van der Waals surface area contributed by atoms with Crippen molar-refractivity contribution in [2.75, 3.05) is 18.4 Å². The van der Waals surface area contributed by atoms with Gasteiger partial charge < -0.3 is 4.90 Å². The zero-order valence-corrected chi connectivity index (χ0v) is 13.8. The molecule has 1 N–H and O–H groups in total. The molecule has 0 unspecified atom stereocenters. The van der Waals surface area contributed by atoms with E-state index in [1.165, 1.54) is 12.8 Å². The van der Waals surface area contributed by atoms with E-state index in [1.807, 2.05) is 27.1 Å². The van der Waals surface area contributed by atoms with Crippen molar-refractivity contribution in [1.29, 1.82) is 0 Å². The number of thiophene rings is 1. The highest BCUT2D eigenvalue weighted by Crippen LogP contribution is 2.38. The molecule has 122 valence electrons. The maximum atomic E-state index is 12.2. The molecule has 1 aliphatic carbocycles. The van der Waals surface area contributed by atoms with E-state index in [0.717, 1.165) is 43.2 Å². The van der Waals surface area contributed by atoms with E-state index in [2.05, 4.69) is 21.8 Å². The SMILES string of the molecule is O=C(Nc1cccs1)N1CCC(Cn2cc(C3CC3)nn2)CC1. The average Bonchev–Trinajstić information content (AvgIpc) is 3.09. The zero-order valence-electron chi connectivity index (χ0n) is 13.0. The molecule has 2 aromatic rings. The molecule has 1 aliphatic heterocycles. The Bertz CT molecular complexity index is 656. The van der Waals surface area contributed by atoms with Crippen molar-refractivity contribution >= 4 is 22.4 Å². The second kappa shape index (κ2) is 6.31. The smallest absolute Gasteiger partial charge is 0.322 e. The summed E-state index contributed by atoms with van der Waals surface area (Å²) in [4.78, 5) is 14.1. The van der Waals surface area contributed by atoms with Gasteiger partial charge >= 0.3 is 6.03 Å². The number of carbonyl (C=O) groups excluding carboxylic acids is 1. The van der Waals surface area contributed by atoms with Crippen LogP contribution in [0, 0.1) is 5.92 Å². The van der Waals surface area contributed by atoms with Gasteiger partial charge in [-0.05, 0) is 49.1 Å². The minimum atomic E-state index is 0.0164. The van der Waals surface area contributed by atoms with Crippen LogP contribution in [0.1, 0.15) is 37.3 Å². The Kier molecular flexibility index (Phi) is 4.03. The summed E-state index contributed by atoms with van der Waals surface area (Å²) in [5, 5.41) is 14.4. The first-order chi connectivity index (χ1) is 11.3. The number of urea groups is 1. The minimum absolute atomic E-state index is 0.0164. The second-order valence-electron chi connectivity index (χ2n) is 6.48. The van der Waals surface area contributed by atoms with E-state index in [0.29, 0.717) is 11.8 Å². The molecule has 3 heterocycles. The normalized spacial score (nSPS) is 19.0. The largest absolute Gasteiger partial charge is 0.324 e. The molecule has 4 rings (SSSR count). The van der Waals surface area contributed by atoms with E-state index in [1.54, 1.807) is 11.3 Å². The molecule has 2 amide bonds. The number of nitrogens with one attached hydrogen (secondary N) is 1.